The number of pyridine rings is 1. The zero-order valence-electron chi connectivity index (χ0n) is 7.51. The number of aromatic nitrogens is 1. The van der Waals surface area contributed by atoms with Crippen molar-refractivity contribution in [3.8, 4) is 0 Å². The van der Waals surface area contributed by atoms with Crippen molar-refractivity contribution in [1.82, 2.24) is 4.98 Å². The van der Waals surface area contributed by atoms with Gasteiger partial charge in [0.15, 0.2) is 0 Å². The maximum absolute atomic E-state index is 11.1. The largest absolute Gasteiger partial charge is 0.463 e. The van der Waals surface area contributed by atoms with E-state index in [0.29, 0.717) is 5.56 Å². The third kappa shape index (κ3) is 2.14. The number of Topliss-reactive ketones (excluding diaryl/α,β-unsaturated/α-hetero) is 1. The molecule has 0 unspecified atom stereocenters. The fourth-order valence-electron chi connectivity index (χ4n) is 0.909. The second-order valence-corrected chi connectivity index (χ2v) is 2.54. The molecular weight excluding hydrogens is 186 g/mol. The maximum Gasteiger partial charge on any atom is 0.377 e. The third-order valence-electron chi connectivity index (χ3n) is 1.66. The topological polar surface area (TPSA) is 76.5 Å². The van der Waals surface area contributed by atoms with Crippen LogP contribution in [0.15, 0.2) is 24.5 Å². The first-order chi connectivity index (χ1) is 6.66. The molecule has 5 nitrogen and oxygen atoms in total. The standard InChI is InChI=1S/C9H9NO4/c1-14-9(13)8(12)7(11)6-2-4-10-5-3-6/h2-5,7,11H,1H3/t7-/m0/s1. The summed E-state index contributed by atoms with van der Waals surface area (Å²) in [5.41, 5.74) is 0.315. The van der Waals surface area contributed by atoms with Gasteiger partial charge in [-0.3, -0.25) is 9.78 Å². The van der Waals surface area contributed by atoms with Crippen LogP contribution in [0.3, 0.4) is 0 Å². The van der Waals surface area contributed by atoms with Gasteiger partial charge in [0, 0.05) is 12.4 Å². The fraction of sp³-hybridized carbons (Fsp3) is 0.222. The normalized spacial score (nSPS) is 11.9. The molecule has 74 valence electrons. The minimum absolute atomic E-state index is 0.315. The molecule has 0 saturated heterocycles. The highest BCUT2D eigenvalue weighted by molar-refractivity contribution is 6.35. The van der Waals surface area contributed by atoms with Gasteiger partial charge in [0.1, 0.15) is 6.10 Å². The summed E-state index contributed by atoms with van der Waals surface area (Å²) < 4.78 is 4.19. The molecular formula is C9H9NO4. The Morgan fingerprint density at radius 2 is 2.00 bits per heavy atom. The van der Waals surface area contributed by atoms with E-state index in [9.17, 15) is 14.7 Å². The summed E-state index contributed by atoms with van der Waals surface area (Å²) in [5, 5.41) is 9.41. The number of aliphatic hydroxyl groups is 1. The van der Waals surface area contributed by atoms with E-state index in [1.807, 2.05) is 0 Å². The number of rotatable bonds is 3. The van der Waals surface area contributed by atoms with Crippen molar-refractivity contribution in [2.45, 2.75) is 6.10 Å². The third-order valence-corrected chi connectivity index (χ3v) is 1.66. The zero-order valence-corrected chi connectivity index (χ0v) is 7.51. The lowest BCUT2D eigenvalue weighted by Crippen LogP contribution is -2.23. The van der Waals surface area contributed by atoms with Crippen molar-refractivity contribution in [2.24, 2.45) is 0 Å². The molecule has 1 aromatic heterocycles. The van der Waals surface area contributed by atoms with Gasteiger partial charge in [0.2, 0.25) is 0 Å². The highest BCUT2D eigenvalue weighted by atomic mass is 16.5. The molecule has 0 aromatic carbocycles. The molecule has 0 bridgehead atoms. The van der Waals surface area contributed by atoms with E-state index in [2.05, 4.69) is 9.72 Å². The monoisotopic (exact) mass is 195 g/mol. The first-order valence-corrected chi connectivity index (χ1v) is 3.87. The molecule has 0 aliphatic rings. The van der Waals surface area contributed by atoms with Gasteiger partial charge in [0.05, 0.1) is 7.11 Å². The number of hydrogen-bond acceptors (Lipinski definition) is 5. The molecule has 5 heteroatoms. The minimum atomic E-state index is -1.48. The van der Waals surface area contributed by atoms with Gasteiger partial charge in [-0.1, -0.05) is 0 Å². The molecule has 0 aliphatic carbocycles. The van der Waals surface area contributed by atoms with Gasteiger partial charge < -0.3 is 9.84 Å². The van der Waals surface area contributed by atoms with Crippen LogP contribution in [0.4, 0.5) is 0 Å². The number of esters is 1. The molecule has 1 rings (SSSR count). The quantitative estimate of drug-likeness (QED) is 0.536. The van der Waals surface area contributed by atoms with Gasteiger partial charge in [-0.25, -0.2) is 4.79 Å². The highest BCUT2D eigenvalue weighted by Crippen LogP contribution is 2.12. The molecule has 1 N–H and O–H groups in total. The number of ketones is 1. The summed E-state index contributed by atoms with van der Waals surface area (Å²) in [6.07, 6.45) is 1.36. The summed E-state index contributed by atoms with van der Waals surface area (Å²) in [6, 6.07) is 2.90. The predicted octanol–water partition coefficient (Wildman–Crippen LogP) is -0.143. The Morgan fingerprint density at radius 1 is 1.43 bits per heavy atom. The van der Waals surface area contributed by atoms with Crippen LogP contribution >= 0.6 is 0 Å². The summed E-state index contributed by atoms with van der Waals surface area (Å²) in [6.45, 7) is 0. The van der Waals surface area contributed by atoms with E-state index in [1.54, 1.807) is 0 Å². The first-order valence-electron chi connectivity index (χ1n) is 3.87. The summed E-state index contributed by atoms with van der Waals surface area (Å²) >= 11 is 0. The number of carbonyl (C=O) groups excluding carboxylic acids is 2. The van der Waals surface area contributed by atoms with Crippen molar-refractivity contribution in [3.05, 3.63) is 30.1 Å². The van der Waals surface area contributed by atoms with Crippen LogP contribution in [0.5, 0.6) is 0 Å². The van der Waals surface area contributed by atoms with Crippen molar-refractivity contribution in [2.75, 3.05) is 7.11 Å². The van der Waals surface area contributed by atoms with E-state index < -0.39 is 17.9 Å². The van der Waals surface area contributed by atoms with Crippen molar-refractivity contribution in [3.63, 3.8) is 0 Å². The number of nitrogens with zero attached hydrogens (tertiary/aromatic N) is 1. The van der Waals surface area contributed by atoms with Crippen LogP contribution in [0.1, 0.15) is 11.7 Å². The second kappa shape index (κ2) is 4.48. The predicted molar refractivity (Wildman–Crippen MR) is 46.2 cm³/mol. The summed E-state index contributed by atoms with van der Waals surface area (Å²) in [7, 11) is 1.08. The molecule has 0 aliphatic heterocycles. The second-order valence-electron chi connectivity index (χ2n) is 2.54. The van der Waals surface area contributed by atoms with Crippen LogP contribution in [-0.4, -0.2) is 29.0 Å². The Bertz CT molecular complexity index is 336. The summed E-state index contributed by atoms with van der Waals surface area (Å²) in [4.78, 5) is 25.6. The van der Waals surface area contributed by atoms with Crippen molar-refractivity contribution >= 4 is 11.8 Å². The Labute approximate surface area is 80.3 Å². The van der Waals surface area contributed by atoms with E-state index in [4.69, 9.17) is 0 Å². The van der Waals surface area contributed by atoms with Crippen LogP contribution in [0, 0.1) is 0 Å². The molecule has 0 spiro atoms. The van der Waals surface area contributed by atoms with Crippen LogP contribution in [0.2, 0.25) is 0 Å². The molecule has 14 heavy (non-hydrogen) atoms. The van der Waals surface area contributed by atoms with E-state index >= 15 is 0 Å². The van der Waals surface area contributed by atoms with Gasteiger partial charge in [-0.15, -0.1) is 0 Å². The van der Waals surface area contributed by atoms with Crippen molar-refractivity contribution in [1.29, 1.82) is 0 Å². The van der Waals surface area contributed by atoms with E-state index in [-0.39, 0.29) is 0 Å². The molecule has 0 radical (unpaired) electrons. The van der Waals surface area contributed by atoms with Gasteiger partial charge in [-0.2, -0.15) is 0 Å². The number of methoxy groups -OCH3 is 1. The maximum atomic E-state index is 11.1. The average Bonchev–Trinajstić information content (AvgIpc) is 2.27. The van der Waals surface area contributed by atoms with Crippen molar-refractivity contribution < 1.29 is 19.4 Å². The Kier molecular flexibility index (Phi) is 3.30. The molecule has 0 saturated carbocycles. The summed E-state index contributed by atoms with van der Waals surface area (Å²) in [5.74, 6) is -2.05. The number of hydrogen-bond donors (Lipinski definition) is 1. The first kappa shape index (κ1) is 10.3. The van der Waals surface area contributed by atoms with Gasteiger partial charge in [0.25, 0.3) is 5.78 Å². The van der Waals surface area contributed by atoms with Gasteiger partial charge in [-0.05, 0) is 17.7 Å². The fourth-order valence-corrected chi connectivity index (χ4v) is 0.909. The average molecular weight is 195 g/mol. The molecule has 1 aromatic rings. The van der Waals surface area contributed by atoms with Crippen LogP contribution in [-0.2, 0) is 14.3 Å². The lowest BCUT2D eigenvalue weighted by molar-refractivity contribution is -0.155. The molecule has 1 heterocycles. The molecule has 1 atom stereocenters. The lowest BCUT2D eigenvalue weighted by atomic mass is 10.1. The molecule has 0 fully saturated rings. The van der Waals surface area contributed by atoms with Crippen LogP contribution < -0.4 is 0 Å². The van der Waals surface area contributed by atoms with Gasteiger partial charge >= 0.3 is 5.97 Å². The zero-order chi connectivity index (χ0) is 10.6. The Balaban J connectivity index is 2.81. The number of ether oxygens (including phenoxy) is 1. The minimum Gasteiger partial charge on any atom is -0.463 e. The van der Waals surface area contributed by atoms with Crippen LogP contribution in [0.25, 0.3) is 0 Å². The SMILES string of the molecule is COC(=O)C(=O)[C@@H](O)c1ccncc1. The highest BCUT2D eigenvalue weighted by Gasteiger charge is 2.25. The van der Waals surface area contributed by atoms with E-state index in [1.165, 1.54) is 24.5 Å². The number of aliphatic hydroxyl groups excluding tert-OH is 1. The molecule has 0 amide bonds. The number of carbonyl (C=O) groups is 2. The van der Waals surface area contributed by atoms with E-state index in [0.717, 1.165) is 7.11 Å². The Hall–Kier alpha value is -1.75. The Morgan fingerprint density at radius 3 is 2.50 bits per heavy atom. The lowest BCUT2D eigenvalue weighted by Gasteiger charge is -2.06. The smallest absolute Gasteiger partial charge is 0.377 e.